The standard InChI is InChI=1S/C24H15BrIN3O3/c1-32-21-5-3-2-4-20(21)29-22(27-19-9-7-14(26)11-17(19)24(29)31)12-16-15-10-13(25)6-8-18(15)28-23(16)30/h2-12H,1H3,(H,28,30). The van der Waals surface area contributed by atoms with Gasteiger partial charge in [0.1, 0.15) is 11.6 Å². The molecule has 1 aliphatic heterocycles. The molecule has 1 aliphatic rings. The molecule has 0 fully saturated rings. The van der Waals surface area contributed by atoms with E-state index in [-0.39, 0.29) is 11.5 Å². The highest BCUT2D eigenvalue weighted by molar-refractivity contribution is 14.1. The number of nitrogens with zero attached hydrogens (tertiary/aromatic N) is 2. The lowest BCUT2D eigenvalue weighted by molar-refractivity contribution is -0.110. The minimum atomic E-state index is -0.248. The first kappa shape index (κ1) is 20.9. The molecule has 0 atom stereocenters. The fourth-order valence-electron chi connectivity index (χ4n) is 3.75. The normalized spacial score (nSPS) is 14.0. The molecule has 0 radical (unpaired) electrons. The predicted octanol–water partition coefficient (Wildman–Crippen LogP) is 5.25. The van der Waals surface area contributed by atoms with Crippen molar-refractivity contribution in [1.82, 2.24) is 9.55 Å². The second kappa shape index (κ2) is 8.18. The summed E-state index contributed by atoms with van der Waals surface area (Å²) in [7, 11) is 1.55. The maximum Gasteiger partial charge on any atom is 0.266 e. The van der Waals surface area contributed by atoms with Crippen molar-refractivity contribution in [3.63, 3.8) is 0 Å². The number of benzene rings is 3. The molecular formula is C24H15BrIN3O3. The highest BCUT2D eigenvalue weighted by Crippen LogP contribution is 2.35. The van der Waals surface area contributed by atoms with Crippen molar-refractivity contribution in [1.29, 1.82) is 0 Å². The van der Waals surface area contributed by atoms with Crippen molar-refractivity contribution < 1.29 is 9.53 Å². The highest BCUT2D eigenvalue weighted by Gasteiger charge is 2.26. The van der Waals surface area contributed by atoms with Crippen LogP contribution in [0.15, 0.2) is 69.9 Å². The van der Waals surface area contributed by atoms with Crippen LogP contribution < -0.4 is 15.6 Å². The van der Waals surface area contributed by atoms with Gasteiger partial charge in [0, 0.05) is 19.3 Å². The van der Waals surface area contributed by atoms with Crippen molar-refractivity contribution in [2.24, 2.45) is 0 Å². The lowest BCUT2D eigenvalue weighted by Crippen LogP contribution is -2.23. The van der Waals surface area contributed by atoms with Crippen molar-refractivity contribution in [3.8, 4) is 11.4 Å². The van der Waals surface area contributed by atoms with Crippen LogP contribution in [0.25, 0.3) is 28.2 Å². The molecule has 0 bridgehead atoms. The first-order valence-corrected chi connectivity index (χ1v) is 11.5. The van der Waals surface area contributed by atoms with Crippen LogP contribution in [-0.4, -0.2) is 22.6 Å². The van der Waals surface area contributed by atoms with Gasteiger partial charge < -0.3 is 10.1 Å². The molecule has 32 heavy (non-hydrogen) atoms. The van der Waals surface area contributed by atoms with E-state index in [1.807, 2.05) is 48.5 Å². The third-order valence-corrected chi connectivity index (χ3v) is 6.38. The highest BCUT2D eigenvalue weighted by atomic mass is 127. The van der Waals surface area contributed by atoms with E-state index in [1.54, 1.807) is 25.3 Å². The maximum absolute atomic E-state index is 13.7. The Morgan fingerprint density at radius 2 is 1.91 bits per heavy atom. The van der Waals surface area contributed by atoms with E-state index in [2.05, 4.69) is 43.8 Å². The van der Waals surface area contributed by atoms with Crippen molar-refractivity contribution in [3.05, 3.63) is 90.4 Å². The molecule has 6 nitrogen and oxygen atoms in total. The van der Waals surface area contributed by atoms with Gasteiger partial charge >= 0.3 is 0 Å². The largest absolute Gasteiger partial charge is 0.495 e. The number of amides is 1. The zero-order valence-corrected chi connectivity index (χ0v) is 20.5. The molecule has 4 aromatic rings. The Hall–Kier alpha value is -2.98. The number of carbonyl (C=O) groups excluding carboxylic acids is 1. The number of rotatable bonds is 3. The number of anilines is 1. The number of fused-ring (bicyclic) bond motifs is 2. The van der Waals surface area contributed by atoms with Gasteiger partial charge in [-0.15, -0.1) is 0 Å². The van der Waals surface area contributed by atoms with Crippen LogP contribution in [0, 0.1) is 3.57 Å². The molecule has 8 heteroatoms. The van der Waals surface area contributed by atoms with Crippen LogP contribution >= 0.6 is 38.5 Å². The molecule has 1 amide bonds. The van der Waals surface area contributed by atoms with Gasteiger partial charge in [-0.1, -0.05) is 28.1 Å². The number of ether oxygens (including phenoxy) is 1. The van der Waals surface area contributed by atoms with Gasteiger partial charge in [-0.3, -0.25) is 14.2 Å². The second-order valence-corrected chi connectivity index (χ2v) is 9.31. The first-order chi connectivity index (χ1) is 15.5. The Kier molecular flexibility index (Phi) is 5.34. The van der Waals surface area contributed by atoms with E-state index in [1.165, 1.54) is 4.57 Å². The minimum Gasteiger partial charge on any atom is -0.495 e. The summed E-state index contributed by atoms with van der Waals surface area (Å²) in [4.78, 5) is 31.2. The maximum atomic E-state index is 13.7. The summed E-state index contributed by atoms with van der Waals surface area (Å²) < 4.78 is 8.79. The number of aromatic nitrogens is 2. The molecule has 0 saturated carbocycles. The van der Waals surface area contributed by atoms with Gasteiger partial charge in [-0.2, -0.15) is 0 Å². The average Bonchev–Trinajstić information content (AvgIpc) is 3.09. The second-order valence-electron chi connectivity index (χ2n) is 7.15. The van der Waals surface area contributed by atoms with Gasteiger partial charge in [0.05, 0.1) is 29.3 Å². The summed E-state index contributed by atoms with van der Waals surface area (Å²) in [5.74, 6) is 0.618. The van der Waals surface area contributed by atoms with Gasteiger partial charge in [0.2, 0.25) is 0 Å². The van der Waals surface area contributed by atoms with Gasteiger partial charge in [-0.25, -0.2) is 4.98 Å². The number of nitrogens with one attached hydrogen (secondary N) is 1. The van der Waals surface area contributed by atoms with Gasteiger partial charge in [-0.05, 0) is 77.2 Å². The summed E-state index contributed by atoms with van der Waals surface area (Å²) in [6.07, 6.45) is 1.65. The van der Waals surface area contributed by atoms with Crippen LogP contribution in [0.5, 0.6) is 5.75 Å². The first-order valence-electron chi connectivity index (χ1n) is 9.65. The van der Waals surface area contributed by atoms with Crippen LogP contribution in [-0.2, 0) is 4.79 Å². The van der Waals surface area contributed by atoms with E-state index >= 15 is 0 Å². The van der Waals surface area contributed by atoms with Gasteiger partial charge in [0.15, 0.2) is 0 Å². The summed E-state index contributed by atoms with van der Waals surface area (Å²) in [5.41, 5.74) is 2.76. The molecule has 0 saturated heterocycles. The Labute approximate surface area is 205 Å². The Bertz CT molecular complexity index is 1510. The monoisotopic (exact) mass is 599 g/mol. The number of hydrogen-bond acceptors (Lipinski definition) is 4. The third-order valence-electron chi connectivity index (χ3n) is 5.22. The molecule has 1 N–H and O–H groups in total. The fourth-order valence-corrected chi connectivity index (χ4v) is 4.60. The Morgan fingerprint density at radius 3 is 2.72 bits per heavy atom. The summed E-state index contributed by atoms with van der Waals surface area (Å²) >= 11 is 5.63. The molecule has 158 valence electrons. The van der Waals surface area contributed by atoms with E-state index in [9.17, 15) is 9.59 Å². The average molecular weight is 600 g/mol. The number of carbonyl (C=O) groups is 1. The van der Waals surface area contributed by atoms with E-state index in [4.69, 9.17) is 9.72 Å². The zero-order chi connectivity index (χ0) is 22.4. The SMILES string of the molecule is COc1ccccc1-n1c(C=C2C(=O)Nc3ccc(Br)cc32)nc2ccc(I)cc2c1=O. The predicted molar refractivity (Wildman–Crippen MR) is 137 cm³/mol. The van der Waals surface area contributed by atoms with Crippen molar-refractivity contribution >= 4 is 72.7 Å². The van der Waals surface area contributed by atoms with E-state index in [0.29, 0.717) is 39.4 Å². The summed E-state index contributed by atoms with van der Waals surface area (Å²) in [6, 6.07) is 18.3. The van der Waals surface area contributed by atoms with Crippen LogP contribution in [0.4, 0.5) is 5.69 Å². The summed E-state index contributed by atoms with van der Waals surface area (Å²) in [5, 5.41) is 3.36. The van der Waals surface area contributed by atoms with Crippen LogP contribution in [0.3, 0.4) is 0 Å². The zero-order valence-electron chi connectivity index (χ0n) is 16.7. The van der Waals surface area contributed by atoms with Crippen LogP contribution in [0.2, 0.25) is 0 Å². The van der Waals surface area contributed by atoms with Crippen molar-refractivity contribution in [2.75, 3.05) is 12.4 Å². The summed E-state index contributed by atoms with van der Waals surface area (Å²) in [6.45, 7) is 0. The van der Waals surface area contributed by atoms with E-state index in [0.717, 1.165) is 13.6 Å². The number of halogens is 2. The molecule has 2 heterocycles. The molecule has 0 spiro atoms. The van der Waals surface area contributed by atoms with Gasteiger partial charge in [0.25, 0.3) is 11.5 Å². The fraction of sp³-hybridized carbons (Fsp3) is 0.0417. The van der Waals surface area contributed by atoms with E-state index < -0.39 is 0 Å². The minimum absolute atomic E-state index is 0.238. The number of para-hydroxylation sites is 2. The molecular weight excluding hydrogens is 585 g/mol. The lowest BCUT2D eigenvalue weighted by atomic mass is 10.1. The van der Waals surface area contributed by atoms with Crippen molar-refractivity contribution in [2.45, 2.75) is 0 Å². The third kappa shape index (κ3) is 3.53. The number of methoxy groups -OCH3 is 1. The quantitative estimate of drug-likeness (QED) is 0.258. The molecule has 1 aromatic heterocycles. The van der Waals surface area contributed by atoms with Crippen LogP contribution in [0.1, 0.15) is 11.4 Å². The molecule has 3 aromatic carbocycles. The Morgan fingerprint density at radius 1 is 1.09 bits per heavy atom. The number of hydrogen-bond donors (Lipinski definition) is 1. The molecule has 0 aliphatic carbocycles. The lowest BCUT2D eigenvalue weighted by Gasteiger charge is -2.15. The topological polar surface area (TPSA) is 73.2 Å². The molecule has 5 rings (SSSR count). The molecule has 0 unspecified atom stereocenters. The smallest absolute Gasteiger partial charge is 0.266 e. The Balaban J connectivity index is 1.85.